The second kappa shape index (κ2) is 5.74. The van der Waals surface area contributed by atoms with Gasteiger partial charge in [-0.25, -0.2) is 4.98 Å². The quantitative estimate of drug-likeness (QED) is 0.528. The number of anilines is 1. The summed E-state index contributed by atoms with van der Waals surface area (Å²) in [7, 11) is 0. The van der Waals surface area contributed by atoms with E-state index in [0.29, 0.717) is 4.47 Å². The smallest absolute Gasteiger partial charge is 0.271 e. The van der Waals surface area contributed by atoms with E-state index in [0.717, 1.165) is 12.1 Å². The number of nitrogens with zero attached hydrogens (tertiary/aromatic N) is 2. The zero-order chi connectivity index (χ0) is 14.7. The van der Waals surface area contributed by atoms with Crippen LogP contribution in [0.2, 0.25) is 0 Å². The lowest BCUT2D eigenvalue weighted by atomic mass is 10.2. The lowest BCUT2D eigenvalue weighted by Crippen LogP contribution is -2.13. The van der Waals surface area contributed by atoms with Crippen LogP contribution in [0.1, 0.15) is 10.4 Å². The van der Waals surface area contributed by atoms with Gasteiger partial charge in [-0.05, 0) is 18.2 Å². The number of non-ortho nitro benzene ring substituents is 1. The number of nitrogens with one attached hydrogen (secondary N) is 1. The molecule has 8 heteroatoms. The Balaban J connectivity index is 2.27. The third-order valence-electron chi connectivity index (χ3n) is 2.31. The van der Waals surface area contributed by atoms with Crippen molar-refractivity contribution in [1.82, 2.24) is 4.98 Å². The van der Waals surface area contributed by atoms with Crippen LogP contribution in [0.15, 0.2) is 40.9 Å². The van der Waals surface area contributed by atoms with Crippen LogP contribution in [0, 0.1) is 16.1 Å². The van der Waals surface area contributed by atoms with E-state index in [-0.39, 0.29) is 17.1 Å². The number of aromatic nitrogens is 1. The van der Waals surface area contributed by atoms with Crippen LogP contribution < -0.4 is 5.32 Å². The first-order valence-corrected chi connectivity index (χ1v) is 6.14. The molecule has 1 aromatic heterocycles. The summed E-state index contributed by atoms with van der Waals surface area (Å²) in [5.74, 6) is -1.33. The molecule has 0 atom stereocenters. The van der Waals surface area contributed by atoms with Gasteiger partial charge in [0.05, 0.1) is 4.92 Å². The summed E-state index contributed by atoms with van der Waals surface area (Å²) in [6.45, 7) is 0. The Kier molecular flexibility index (Phi) is 4.04. The molecule has 2 rings (SSSR count). The fraction of sp³-hybridized carbons (Fsp3) is 0. The fourth-order valence-corrected chi connectivity index (χ4v) is 1.96. The predicted octanol–water partition coefficient (Wildman–Crippen LogP) is 3.14. The van der Waals surface area contributed by atoms with E-state index in [1.54, 1.807) is 0 Å². The molecule has 0 saturated carbocycles. The normalized spacial score (nSPS) is 10.1. The molecule has 0 aliphatic rings. The van der Waals surface area contributed by atoms with E-state index in [1.807, 2.05) is 0 Å². The molecule has 0 aliphatic carbocycles. The van der Waals surface area contributed by atoms with E-state index in [1.165, 1.54) is 24.3 Å². The van der Waals surface area contributed by atoms with E-state index < -0.39 is 16.8 Å². The first kappa shape index (κ1) is 14.1. The predicted molar refractivity (Wildman–Crippen MR) is 72.9 cm³/mol. The van der Waals surface area contributed by atoms with Crippen molar-refractivity contribution >= 4 is 33.3 Å². The van der Waals surface area contributed by atoms with Crippen molar-refractivity contribution in [3.8, 4) is 0 Å². The summed E-state index contributed by atoms with van der Waals surface area (Å²) in [5.41, 5.74) is -0.158. The highest BCUT2D eigenvalue weighted by atomic mass is 79.9. The third kappa shape index (κ3) is 3.35. The van der Waals surface area contributed by atoms with Crippen molar-refractivity contribution in [2.24, 2.45) is 0 Å². The third-order valence-corrected chi connectivity index (χ3v) is 2.77. The number of pyridine rings is 1. The number of carbonyl (C=O) groups excluding carboxylic acids is 1. The van der Waals surface area contributed by atoms with E-state index in [2.05, 4.69) is 26.2 Å². The van der Waals surface area contributed by atoms with Gasteiger partial charge in [-0.3, -0.25) is 14.9 Å². The number of benzene rings is 1. The van der Waals surface area contributed by atoms with Crippen LogP contribution in [-0.2, 0) is 0 Å². The highest BCUT2D eigenvalue weighted by Gasteiger charge is 2.14. The molecule has 0 saturated heterocycles. The summed E-state index contributed by atoms with van der Waals surface area (Å²) < 4.78 is 13.3. The minimum Gasteiger partial charge on any atom is -0.306 e. The monoisotopic (exact) mass is 339 g/mol. The average molecular weight is 340 g/mol. The topological polar surface area (TPSA) is 85.1 Å². The van der Waals surface area contributed by atoms with Crippen molar-refractivity contribution < 1.29 is 14.1 Å². The van der Waals surface area contributed by atoms with Crippen LogP contribution in [0.5, 0.6) is 0 Å². The summed E-state index contributed by atoms with van der Waals surface area (Å²) >= 11 is 3.09. The Morgan fingerprint density at radius 3 is 2.75 bits per heavy atom. The standard InChI is InChI=1S/C12H7BrFN3O3/c13-8-4-7(5-9(6-8)17(19)20)12(18)16-11-3-1-2-10(14)15-11/h1-6H,(H,15,16,18). The highest BCUT2D eigenvalue weighted by Crippen LogP contribution is 2.22. The SMILES string of the molecule is O=C(Nc1cccc(F)n1)c1cc(Br)cc([N+](=O)[O-])c1. The molecule has 6 nitrogen and oxygen atoms in total. The molecule has 102 valence electrons. The minimum atomic E-state index is -0.733. The maximum Gasteiger partial charge on any atom is 0.271 e. The van der Waals surface area contributed by atoms with Crippen LogP contribution in [0.25, 0.3) is 0 Å². The minimum absolute atomic E-state index is 0.0256. The molecule has 0 radical (unpaired) electrons. The van der Waals surface area contributed by atoms with Gasteiger partial charge in [0.25, 0.3) is 11.6 Å². The van der Waals surface area contributed by atoms with Crippen LogP contribution >= 0.6 is 15.9 Å². The molecule has 1 amide bonds. The van der Waals surface area contributed by atoms with Crippen LogP contribution in [-0.4, -0.2) is 15.8 Å². The zero-order valence-electron chi connectivity index (χ0n) is 9.84. The fourth-order valence-electron chi connectivity index (χ4n) is 1.48. The number of amides is 1. The Morgan fingerprint density at radius 1 is 1.35 bits per heavy atom. The van der Waals surface area contributed by atoms with Crippen molar-refractivity contribution in [2.45, 2.75) is 0 Å². The number of carbonyl (C=O) groups is 1. The van der Waals surface area contributed by atoms with Gasteiger partial charge in [-0.15, -0.1) is 0 Å². The molecule has 0 fully saturated rings. The Hall–Kier alpha value is -2.35. The van der Waals surface area contributed by atoms with E-state index in [4.69, 9.17) is 0 Å². The van der Waals surface area contributed by atoms with Crippen molar-refractivity contribution in [3.63, 3.8) is 0 Å². The van der Waals surface area contributed by atoms with Crippen molar-refractivity contribution in [1.29, 1.82) is 0 Å². The molecule has 0 aliphatic heterocycles. The van der Waals surface area contributed by atoms with Crippen LogP contribution in [0.3, 0.4) is 0 Å². The van der Waals surface area contributed by atoms with Gasteiger partial charge in [0, 0.05) is 22.2 Å². The molecule has 0 spiro atoms. The maximum atomic E-state index is 12.9. The maximum absolute atomic E-state index is 12.9. The number of nitro benzene ring substituents is 1. The summed E-state index contributed by atoms with van der Waals surface area (Å²) in [6.07, 6.45) is 0. The average Bonchev–Trinajstić information content (AvgIpc) is 2.37. The lowest BCUT2D eigenvalue weighted by molar-refractivity contribution is -0.384. The summed E-state index contributed by atoms with van der Waals surface area (Å²) in [5, 5.41) is 13.1. The van der Waals surface area contributed by atoms with Gasteiger partial charge in [0.1, 0.15) is 5.82 Å². The number of hydrogen-bond acceptors (Lipinski definition) is 4. The molecular weight excluding hydrogens is 333 g/mol. The molecule has 1 N–H and O–H groups in total. The number of hydrogen-bond donors (Lipinski definition) is 1. The molecule has 1 heterocycles. The lowest BCUT2D eigenvalue weighted by Gasteiger charge is -2.05. The molecular formula is C12H7BrFN3O3. The van der Waals surface area contributed by atoms with Crippen LogP contribution in [0.4, 0.5) is 15.9 Å². The van der Waals surface area contributed by atoms with Gasteiger partial charge in [-0.1, -0.05) is 22.0 Å². The first-order chi connectivity index (χ1) is 9.45. The Morgan fingerprint density at radius 2 is 2.10 bits per heavy atom. The van der Waals surface area contributed by atoms with Gasteiger partial charge in [0.15, 0.2) is 0 Å². The number of nitro groups is 1. The number of rotatable bonds is 3. The van der Waals surface area contributed by atoms with E-state index >= 15 is 0 Å². The summed E-state index contributed by atoms with van der Waals surface area (Å²) in [4.78, 5) is 25.5. The zero-order valence-corrected chi connectivity index (χ0v) is 11.4. The first-order valence-electron chi connectivity index (χ1n) is 5.34. The molecule has 20 heavy (non-hydrogen) atoms. The number of halogens is 2. The Labute approximate surface area is 120 Å². The molecule has 1 aromatic carbocycles. The van der Waals surface area contributed by atoms with Crippen molar-refractivity contribution in [3.05, 3.63) is 62.5 Å². The summed E-state index contributed by atoms with van der Waals surface area (Å²) in [6, 6.07) is 7.76. The Bertz CT molecular complexity index is 693. The van der Waals surface area contributed by atoms with Gasteiger partial charge in [0.2, 0.25) is 5.95 Å². The van der Waals surface area contributed by atoms with Gasteiger partial charge >= 0.3 is 0 Å². The highest BCUT2D eigenvalue weighted by molar-refractivity contribution is 9.10. The van der Waals surface area contributed by atoms with Gasteiger partial charge < -0.3 is 5.32 Å². The van der Waals surface area contributed by atoms with Crippen molar-refractivity contribution in [2.75, 3.05) is 5.32 Å². The largest absolute Gasteiger partial charge is 0.306 e. The second-order valence-electron chi connectivity index (χ2n) is 3.75. The molecule has 0 bridgehead atoms. The second-order valence-corrected chi connectivity index (χ2v) is 4.67. The molecule has 0 unspecified atom stereocenters. The van der Waals surface area contributed by atoms with E-state index in [9.17, 15) is 19.3 Å². The molecule has 2 aromatic rings. The van der Waals surface area contributed by atoms with Gasteiger partial charge in [-0.2, -0.15) is 4.39 Å².